The van der Waals surface area contributed by atoms with Gasteiger partial charge in [-0.1, -0.05) is 24.3 Å². The first-order valence-electron chi connectivity index (χ1n) is 9.81. The molecule has 31 heavy (non-hydrogen) atoms. The third-order valence-corrected chi connectivity index (χ3v) is 4.92. The van der Waals surface area contributed by atoms with Crippen LogP contribution >= 0.6 is 0 Å². The van der Waals surface area contributed by atoms with E-state index in [9.17, 15) is 9.59 Å². The molecule has 1 aliphatic heterocycles. The number of rotatable bonds is 5. The number of benzene rings is 2. The molecule has 0 spiro atoms. The highest BCUT2D eigenvalue weighted by atomic mass is 16.6. The molecule has 9 nitrogen and oxygen atoms in total. The molecular weight excluding hydrogens is 398 g/mol. The van der Waals surface area contributed by atoms with E-state index in [0.717, 1.165) is 5.75 Å². The largest absolute Gasteiger partial charge is 0.486 e. The summed E-state index contributed by atoms with van der Waals surface area (Å²) in [7, 11) is 0. The smallest absolute Gasteiger partial charge is 0.261 e. The number of amides is 1. The maximum absolute atomic E-state index is 12.5. The third kappa shape index (κ3) is 3.97. The molecule has 9 heteroatoms. The van der Waals surface area contributed by atoms with Gasteiger partial charge in [-0.05, 0) is 24.3 Å². The second-order valence-electron chi connectivity index (χ2n) is 7.19. The Balaban J connectivity index is 1.21. The molecule has 3 heterocycles. The number of carbonyl (C=O) groups excluding carboxylic acids is 1. The second-order valence-corrected chi connectivity index (χ2v) is 7.19. The van der Waals surface area contributed by atoms with Crippen LogP contribution in [0.1, 0.15) is 0 Å². The van der Waals surface area contributed by atoms with Crippen molar-refractivity contribution < 1.29 is 14.3 Å². The number of carbonyl (C=O) groups is 1. The molecule has 1 aliphatic rings. The van der Waals surface area contributed by atoms with E-state index in [1.54, 1.807) is 35.3 Å². The van der Waals surface area contributed by atoms with Gasteiger partial charge in [-0.15, -0.1) is 0 Å². The van der Waals surface area contributed by atoms with Crippen molar-refractivity contribution >= 4 is 22.5 Å². The lowest BCUT2D eigenvalue weighted by molar-refractivity contribution is -0.116. The average molecular weight is 417 g/mol. The minimum atomic E-state index is -0.343. The lowest BCUT2D eigenvalue weighted by Crippen LogP contribution is -2.33. The Kier molecular flexibility index (Phi) is 4.83. The predicted molar refractivity (Wildman–Crippen MR) is 113 cm³/mol. The molecule has 0 fully saturated rings. The van der Waals surface area contributed by atoms with Gasteiger partial charge in [0.2, 0.25) is 5.91 Å². The number of anilines is 1. The number of hydrogen-bond acceptors (Lipinski definition) is 6. The molecule has 0 aliphatic carbocycles. The molecule has 156 valence electrons. The summed E-state index contributed by atoms with van der Waals surface area (Å²) in [6.45, 7) is 0.743. The molecule has 0 saturated carbocycles. The number of ether oxygens (including phenoxy) is 2. The zero-order valence-electron chi connectivity index (χ0n) is 16.5. The molecule has 0 saturated heterocycles. The van der Waals surface area contributed by atoms with Crippen LogP contribution in [-0.4, -0.2) is 37.9 Å². The Morgan fingerprint density at radius 1 is 1.13 bits per heavy atom. The van der Waals surface area contributed by atoms with Gasteiger partial charge in [0.15, 0.2) is 17.6 Å². The maximum Gasteiger partial charge on any atom is 0.261 e. The second kappa shape index (κ2) is 7.94. The van der Waals surface area contributed by atoms with Crippen LogP contribution in [0.25, 0.3) is 10.9 Å². The normalized spacial score (nSPS) is 15.0. The number of hydrogen-bond donors (Lipinski definition) is 1. The van der Waals surface area contributed by atoms with Crippen LogP contribution in [0.2, 0.25) is 0 Å². The van der Waals surface area contributed by atoms with Crippen molar-refractivity contribution in [2.24, 2.45) is 0 Å². The van der Waals surface area contributed by atoms with E-state index < -0.39 is 0 Å². The van der Waals surface area contributed by atoms with E-state index in [2.05, 4.69) is 15.4 Å². The van der Waals surface area contributed by atoms with Crippen LogP contribution in [0, 0.1) is 0 Å². The first-order chi connectivity index (χ1) is 15.2. The van der Waals surface area contributed by atoms with Crippen LogP contribution in [0.3, 0.4) is 0 Å². The van der Waals surface area contributed by atoms with Gasteiger partial charge >= 0.3 is 0 Å². The Morgan fingerprint density at radius 2 is 1.94 bits per heavy atom. The van der Waals surface area contributed by atoms with Crippen LogP contribution in [0.4, 0.5) is 5.69 Å². The molecule has 2 aromatic carbocycles. The molecule has 0 radical (unpaired) electrons. The SMILES string of the molecule is O=C(Cn1cnc2ccccc2c1=O)Nc1cnn(CC2COc3ccccc3O2)c1. The summed E-state index contributed by atoms with van der Waals surface area (Å²) in [5.74, 6) is 1.09. The summed E-state index contributed by atoms with van der Waals surface area (Å²) in [6.07, 6.45) is 4.45. The van der Waals surface area contributed by atoms with E-state index in [1.165, 1.54) is 10.9 Å². The van der Waals surface area contributed by atoms with E-state index in [0.29, 0.717) is 35.5 Å². The van der Waals surface area contributed by atoms with Crippen LogP contribution in [0.15, 0.2) is 72.0 Å². The summed E-state index contributed by atoms with van der Waals surface area (Å²) in [4.78, 5) is 29.2. The minimum Gasteiger partial charge on any atom is -0.486 e. The fourth-order valence-corrected chi connectivity index (χ4v) is 3.46. The summed E-state index contributed by atoms with van der Waals surface area (Å²) in [5, 5.41) is 7.50. The first kappa shape index (κ1) is 18.9. The quantitative estimate of drug-likeness (QED) is 0.534. The van der Waals surface area contributed by atoms with Crippen LogP contribution < -0.4 is 20.3 Å². The molecule has 2 aromatic heterocycles. The van der Waals surface area contributed by atoms with Gasteiger partial charge in [0, 0.05) is 6.20 Å². The highest BCUT2D eigenvalue weighted by molar-refractivity contribution is 5.90. The summed E-state index contributed by atoms with van der Waals surface area (Å²) in [5.41, 5.74) is 0.872. The van der Waals surface area contributed by atoms with Gasteiger partial charge < -0.3 is 14.8 Å². The van der Waals surface area contributed by atoms with Crippen molar-refractivity contribution in [1.29, 1.82) is 0 Å². The van der Waals surface area contributed by atoms with Crippen molar-refractivity contribution in [2.75, 3.05) is 11.9 Å². The van der Waals surface area contributed by atoms with Crippen LogP contribution in [0.5, 0.6) is 11.5 Å². The topological polar surface area (TPSA) is 100 Å². The fourth-order valence-electron chi connectivity index (χ4n) is 3.46. The van der Waals surface area contributed by atoms with Gasteiger partial charge in [0.05, 0.1) is 35.7 Å². The highest BCUT2D eigenvalue weighted by Crippen LogP contribution is 2.31. The van der Waals surface area contributed by atoms with E-state index in [1.807, 2.05) is 30.3 Å². The Bertz CT molecular complexity index is 1310. The lowest BCUT2D eigenvalue weighted by Gasteiger charge is -2.26. The monoisotopic (exact) mass is 417 g/mol. The van der Waals surface area contributed by atoms with Gasteiger partial charge in [0.25, 0.3) is 5.56 Å². The van der Waals surface area contributed by atoms with E-state index >= 15 is 0 Å². The molecule has 0 bridgehead atoms. The fraction of sp³-hybridized carbons (Fsp3) is 0.182. The average Bonchev–Trinajstić information content (AvgIpc) is 3.22. The minimum absolute atomic E-state index is 0.141. The predicted octanol–water partition coefficient (Wildman–Crippen LogP) is 2.07. The van der Waals surface area contributed by atoms with E-state index in [-0.39, 0.29) is 24.1 Å². The number of aromatic nitrogens is 4. The third-order valence-electron chi connectivity index (χ3n) is 4.92. The molecule has 1 N–H and O–H groups in total. The van der Waals surface area contributed by atoms with Crippen molar-refractivity contribution in [3.05, 3.63) is 77.6 Å². The molecule has 1 unspecified atom stereocenters. The van der Waals surface area contributed by atoms with E-state index in [4.69, 9.17) is 9.47 Å². The number of fused-ring (bicyclic) bond motifs is 2. The molecule has 1 amide bonds. The van der Waals surface area contributed by atoms with Crippen molar-refractivity contribution in [3.63, 3.8) is 0 Å². The number of nitrogens with one attached hydrogen (secondary N) is 1. The number of nitrogens with zero attached hydrogens (tertiary/aromatic N) is 4. The van der Waals surface area contributed by atoms with Gasteiger partial charge in [-0.3, -0.25) is 18.8 Å². The van der Waals surface area contributed by atoms with Crippen molar-refractivity contribution in [2.45, 2.75) is 19.2 Å². The van der Waals surface area contributed by atoms with Crippen LogP contribution in [-0.2, 0) is 17.9 Å². The number of para-hydroxylation sites is 3. The zero-order chi connectivity index (χ0) is 21.2. The Morgan fingerprint density at radius 3 is 2.84 bits per heavy atom. The summed E-state index contributed by atoms with van der Waals surface area (Å²) < 4.78 is 14.6. The standard InChI is InChI=1S/C22H19N5O4/c28-21(12-26-14-23-18-6-2-1-5-17(18)22(26)29)25-15-9-24-27(10-15)11-16-13-30-19-7-3-4-8-20(19)31-16/h1-10,14,16H,11-13H2,(H,25,28). The lowest BCUT2D eigenvalue weighted by atomic mass is 10.2. The Labute approximate surface area is 176 Å². The molecule has 4 aromatic rings. The summed E-state index contributed by atoms with van der Waals surface area (Å²) >= 11 is 0. The highest BCUT2D eigenvalue weighted by Gasteiger charge is 2.21. The van der Waals surface area contributed by atoms with Crippen molar-refractivity contribution in [3.8, 4) is 11.5 Å². The van der Waals surface area contributed by atoms with Gasteiger partial charge in [-0.25, -0.2) is 4.98 Å². The zero-order valence-corrected chi connectivity index (χ0v) is 16.5. The first-order valence-corrected chi connectivity index (χ1v) is 9.81. The molecular formula is C22H19N5O4. The maximum atomic E-state index is 12.5. The van der Waals surface area contributed by atoms with Gasteiger partial charge in [0.1, 0.15) is 13.2 Å². The molecule has 1 atom stereocenters. The van der Waals surface area contributed by atoms with Crippen molar-refractivity contribution in [1.82, 2.24) is 19.3 Å². The Hall–Kier alpha value is -4.14. The van der Waals surface area contributed by atoms with Gasteiger partial charge in [-0.2, -0.15) is 5.10 Å². The molecule has 5 rings (SSSR count). The summed E-state index contributed by atoms with van der Waals surface area (Å²) in [6, 6.07) is 14.5.